The first-order valence-electron chi connectivity index (χ1n) is 10.9. The molecule has 5 rings (SSSR count). The van der Waals surface area contributed by atoms with E-state index in [9.17, 15) is 18.0 Å². The predicted molar refractivity (Wildman–Crippen MR) is 127 cm³/mol. The van der Waals surface area contributed by atoms with Crippen LogP contribution in [0.3, 0.4) is 0 Å². The zero-order valence-electron chi connectivity index (χ0n) is 18.3. The summed E-state index contributed by atoms with van der Waals surface area (Å²) in [6.45, 7) is 1.53. The largest absolute Gasteiger partial charge is 0.417 e. The van der Waals surface area contributed by atoms with E-state index in [0.29, 0.717) is 43.0 Å². The number of aromatic nitrogens is 3. The van der Waals surface area contributed by atoms with Crippen molar-refractivity contribution < 1.29 is 18.0 Å². The Hall–Kier alpha value is -3.72. The van der Waals surface area contributed by atoms with Crippen molar-refractivity contribution in [1.29, 1.82) is 0 Å². The number of nitrogens with zero attached hydrogens (tertiary/aromatic N) is 5. The van der Waals surface area contributed by atoms with Crippen LogP contribution in [-0.2, 0) is 6.18 Å². The number of amides is 1. The molecule has 1 amide bonds. The van der Waals surface area contributed by atoms with Gasteiger partial charge in [0.25, 0.3) is 5.91 Å². The maximum absolute atomic E-state index is 13.6. The third kappa shape index (κ3) is 4.64. The Balaban J connectivity index is 1.39. The number of hydrogen-bond donors (Lipinski definition) is 0. The van der Waals surface area contributed by atoms with Crippen LogP contribution in [0.5, 0.6) is 0 Å². The fourth-order valence-corrected chi connectivity index (χ4v) is 4.42. The number of para-hydroxylation sites is 1. The van der Waals surface area contributed by atoms with Gasteiger partial charge in [-0.05, 0) is 30.3 Å². The van der Waals surface area contributed by atoms with Gasteiger partial charge in [-0.25, -0.2) is 9.97 Å². The summed E-state index contributed by atoms with van der Waals surface area (Å²) < 4.78 is 38.8. The van der Waals surface area contributed by atoms with Gasteiger partial charge in [-0.1, -0.05) is 29.8 Å². The van der Waals surface area contributed by atoms with E-state index in [-0.39, 0.29) is 16.7 Å². The lowest BCUT2D eigenvalue weighted by Gasteiger charge is -2.36. The first-order valence-corrected chi connectivity index (χ1v) is 11.3. The van der Waals surface area contributed by atoms with Crippen LogP contribution in [0.2, 0.25) is 5.02 Å². The molecule has 35 heavy (non-hydrogen) atoms. The zero-order chi connectivity index (χ0) is 24.6. The molecule has 0 atom stereocenters. The average molecular weight is 498 g/mol. The van der Waals surface area contributed by atoms with Crippen LogP contribution in [0, 0.1) is 0 Å². The zero-order valence-corrected chi connectivity index (χ0v) is 19.1. The Bertz CT molecular complexity index is 1390. The van der Waals surface area contributed by atoms with Gasteiger partial charge in [-0.15, -0.1) is 0 Å². The maximum atomic E-state index is 13.6. The van der Waals surface area contributed by atoms with Crippen molar-refractivity contribution >= 4 is 34.2 Å². The second-order valence-electron chi connectivity index (χ2n) is 8.11. The molecule has 1 aliphatic rings. The molecule has 0 saturated carbocycles. The molecule has 1 fully saturated rings. The van der Waals surface area contributed by atoms with Gasteiger partial charge in [-0.2, -0.15) is 13.2 Å². The number of alkyl halides is 3. The number of halogens is 4. The number of fused-ring (bicyclic) bond motifs is 1. The van der Waals surface area contributed by atoms with Crippen LogP contribution < -0.4 is 4.90 Å². The SMILES string of the molecule is O=C(c1cc(-c2ccncc2)nc2ccccc12)N1CCN(c2ncc(C(F)(F)F)cc2Cl)CC1. The van der Waals surface area contributed by atoms with Crippen molar-refractivity contribution in [3.05, 3.63) is 83.3 Å². The third-order valence-corrected chi connectivity index (χ3v) is 6.22. The second kappa shape index (κ2) is 9.14. The summed E-state index contributed by atoms with van der Waals surface area (Å²) in [6, 6.07) is 13.8. The van der Waals surface area contributed by atoms with Crippen LogP contribution in [0.4, 0.5) is 19.0 Å². The maximum Gasteiger partial charge on any atom is 0.417 e. The van der Waals surface area contributed by atoms with Gasteiger partial charge in [-0.3, -0.25) is 9.78 Å². The van der Waals surface area contributed by atoms with Crippen molar-refractivity contribution in [2.75, 3.05) is 31.1 Å². The Morgan fingerprint density at radius 1 is 0.971 bits per heavy atom. The summed E-state index contributed by atoms with van der Waals surface area (Å²) in [4.78, 5) is 29.8. The average Bonchev–Trinajstić information content (AvgIpc) is 2.87. The van der Waals surface area contributed by atoms with E-state index in [1.54, 1.807) is 28.3 Å². The molecule has 3 aromatic heterocycles. The van der Waals surface area contributed by atoms with E-state index in [2.05, 4.69) is 9.97 Å². The number of rotatable bonds is 3. The van der Waals surface area contributed by atoms with Crippen LogP contribution in [0.25, 0.3) is 22.2 Å². The van der Waals surface area contributed by atoms with Gasteiger partial charge in [0.05, 0.1) is 27.4 Å². The molecule has 1 saturated heterocycles. The molecule has 0 aliphatic carbocycles. The van der Waals surface area contributed by atoms with Gasteiger partial charge in [0, 0.05) is 55.7 Å². The minimum atomic E-state index is -4.51. The predicted octanol–water partition coefficient (Wildman–Crippen LogP) is 5.33. The lowest BCUT2D eigenvalue weighted by atomic mass is 10.0. The standard InChI is InChI=1S/C25H19ClF3N5O/c26-20-13-17(25(27,28)29)15-31-23(20)33-9-11-34(12-10-33)24(35)19-14-22(16-5-7-30-8-6-16)32-21-4-2-1-3-18(19)21/h1-8,13-15H,9-12H2. The van der Waals surface area contributed by atoms with Gasteiger partial charge in [0.1, 0.15) is 5.82 Å². The van der Waals surface area contributed by atoms with E-state index in [0.717, 1.165) is 23.2 Å². The molecule has 0 radical (unpaired) electrons. The first kappa shape index (κ1) is 23.0. The summed E-state index contributed by atoms with van der Waals surface area (Å²) in [7, 11) is 0. The molecule has 4 heterocycles. The Labute approximate surface area is 204 Å². The molecule has 0 unspecified atom stereocenters. The molecule has 10 heteroatoms. The highest BCUT2D eigenvalue weighted by Crippen LogP contribution is 2.34. The molecule has 0 N–H and O–H groups in total. The molecule has 1 aliphatic heterocycles. The number of hydrogen-bond acceptors (Lipinski definition) is 5. The van der Waals surface area contributed by atoms with Crippen molar-refractivity contribution in [1.82, 2.24) is 19.9 Å². The lowest BCUT2D eigenvalue weighted by molar-refractivity contribution is -0.137. The number of piperazine rings is 1. The van der Waals surface area contributed by atoms with Crippen molar-refractivity contribution in [3.8, 4) is 11.3 Å². The summed E-state index contributed by atoms with van der Waals surface area (Å²) in [5.41, 5.74) is 1.89. The monoisotopic (exact) mass is 497 g/mol. The number of carbonyl (C=O) groups excluding carboxylic acids is 1. The summed E-state index contributed by atoms with van der Waals surface area (Å²) >= 11 is 6.11. The summed E-state index contributed by atoms with van der Waals surface area (Å²) in [5, 5.41) is 0.687. The van der Waals surface area contributed by atoms with Gasteiger partial charge in [0.2, 0.25) is 0 Å². The van der Waals surface area contributed by atoms with Crippen LogP contribution in [-0.4, -0.2) is 51.9 Å². The highest BCUT2D eigenvalue weighted by atomic mass is 35.5. The van der Waals surface area contributed by atoms with Crippen LogP contribution >= 0.6 is 11.6 Å². The smallest absolute Gasteiger partial charge is 0.352 e. The Kier molecular flexibility index (Phi) is 6.02. The molecule has 6 nitrogen and oxygen atoms in total. The molecule has 4 aromatic rings. The molecule has 178 valence electrons. The van der Waals surface area contributed by atoms with Crippen molar-refractivity contribution in [2.45, 2.75) is 6.18 Å². The molecular formula is C25H19ClF3N5O. The topological polar surface area (TPSA) is 62.2 Å². The summed E-state index contributed by atoms with van der Waals surface area (Å²) in [5.74, 6) is 0.145. The molecular weight excluding hydrogens is 479 g/mol. The van der Waals surface area contributed by atoms with Crippen LogP contribution in [0.15, 0.2) is 67.1 Å². The van der Waals surface area contributed by atoms with Crippen LogP contribution in [0.1, 0.15) is 15.9 Å². The quantitative estimate of drug-likeness (QED) is 0.383. The van der Waals surface area contributed by atoms with E-state index < -0.39 is 11.7 Å². The van der Waals surface area contributed by atoms with Gasteiger partial charge >= 0.3 is 6.18 Å². The second-order valence-corrected chi connectivity index (χ2v) is 8.52. The first-order chi connectivity index (χ1) is 16.8. The Morgan fingerprint density at radius 3 is 2.37 bits per heavy atom. The van der Waals surface area contributed by atoms with Gasteiger partial charge in [0.15, 0.2) is 0 Å². The Morgan fingerprint density at radius 2 is 1.69 bits per heavy atom. The minimum Gasteiger partial charge on any atom is -0.352 e. The van der Waals surface area contributed by atoms with Crippen molar-refractivity contribution in [2.24, 2.45) is 0 Å². The number of pyridine rings is 3. The molecule has 0 spiro atoms. The van der Waals surface area contributed by atoms with E-state index in [1.165, 1.54) is 0 Å². The normalized spacial score (nSPS) is 14.4. The molecule has 0 bridgehead atoms. The summed E-state index contributed by atoms with van der Waals surface area (Å²) in [6.07, 6.45) is -0.383. The highest BCUT2D eigenvalue weighted by molar-refractivity contribution is 6.33. The number of anilines is 1. The van der Waals surface area contributed by atoms with Gasteiger partial charge < -0.3 is 9.80 Å². The number of carbonyl (C=O) groups is 1. The lowest BCUT2D eigenvalue weighted by Crippen LogP contribution is -2.49. The van der Waals surface area contributed by atoms with Crippen molar-refractivity contribution in [3.63, 3.8) is 0 Å². The minimum absolute atomic E-state index is 0.0678. The molecule has 1 aromatic carbocycles. The van der Waals surface area contributed by atoms with E-state index >= 15 is 0 Å². The highest BCUT2D eigenvalue weighted by Gasteiger charge is 2.32. The fraction of sp³-hybridized carbons (Fsp3) is 0.200. The van der Waals surface area contributed by atoms with E-state index in [1.807, 2.05) is 36.4 Å². The van der Waals surface area contributed by atoms with E-state index in [4.69, 9.17) is 16.6 Å². The fourth-order valence-electron chi connectivity index (χ4n) is 4.13. The number of benzene rings is 1. The third-order valence-electron chi connectivity index (χ3n) is 5.94.